The number of fused-ring (bicyclic) bond motifs is 1. The maximum atomic E-state index is 5.47. The van der Waals surface area contributed by atoms with Crippen molar-refractivity contribution >= 4 is 23.4 Å². The number of aromatic nitrogens is 4. The first-order chi connectivity index (χ1) is 12.0. The summed E-state index contributed by atoms with van der Waals surface area (Å²) in [6, 6.07) is 7.99. The van der Waals surface area contributed by atoms with E-state index in [1.807, 2.05) is 36.7 Å². The summed E-state index contributed by atoms with van der Waals surface area (Å²) in [4.78, 5) is 9.25. The van der Waals surface area contributed by atoms with Crippen LogP contribution >= 0.6 is 11.8 Å². The smallest absolute Gasteiger partial charge is 0.228 e. The molecular formula is C18H23N5OS. The van der Waals surface area contributed by atoms with E-state index in [0.29, 0.717) is 11.9 Å². The van der Waals surface area contributed by atoms with Gasteiger partial charge in [0.2, 0.25) is 5.95 Å². The predicted molar refractivity (Wildman–Crippen MR) is 102 cm³/mol. The summed E-state index contributed by atoms with van der Waals surface area (Å²) >= 11 is 1.52. The highest BCUT2D eigenvalue weighted by Crippen LogP contribution is 2.28. The largest absolute Gasteiger partial charge is 0.496 e. The molecule has 3 rings (SSSR count). The molecule has 1 aromatic carbocycles. The van der Waals surface area contributed by atoms with Gasteiger partial charge in [-0.05, 0) is 25.2 Å². The van der Waals surface area contributed by atoms with Gasteiger partial charge in [-0.1, -0.05) is 43.8 Å². The van der Waals surface area contributed by atoms with E-state index in [1.54, 1.807) is 11.6 Å². The number of hydrogen-bond donors (Lipinski definition) is 1. The Bertz CT molecular complexity index is 877. The van der Waals surface area contributed by atoms with Crippen molar-refractivity contribution in [3.8, 4) is 5.75 Å². The van der Waals surface area contributed by atoms with Gasteiger partial charge < -0.3 is 10.1 Å². The Morgan fingerprint density at radius 2 is 1.88 bits per heavy atom. The van der Waals surface area contributed by atoms with Gasteiger partial charge in [0.15, 0.2) is 10.8 Å². The first-order valence-corrected chi connectivity index (χ1v) is 9.46. The monoisotopic (exact) mass is 357 g/mol. The maximum Gasteiger partial charge on any atom is 0.228 e. The number of rotatable bonds is 6. The van der Waals surface area contributed by atoms with Crippen molar-refractivity contribution in [2.75, 3.05) is 18.7 Å². The SMILES string of the molecule is COc1ccccc1C(C)Nc1nc(SC)nc2c(C(C)C)cnn12. The molecule has 0 spiro atoms. The summed E-state index contributed by atoms with van der Waals surface area (Å²) in [6.45, 7) is 6.36. The molecule has 0 aliphatic heterocycles. The summed E-state index contributed by atoms with van der Waals surface area (Å²) in [5.74, 6) is 1.88. The van der Waals surface area contributed by atoms with Crippen LogP contribution in [0.5, 0.6) is 5.75 Å². The molecule has 0 aliphatic rings. The van der Waals surface area contributed by atoms with E-state index in [0.717, 1.165) is 27.7 Å². The van der Waals surface area contributed by atoms with Crippen molar-refractivity contribution in [3.05, 3.63) is 41.6 Å². The van der Waals surface area contributed by atoms with Gasteiger partial charge in [0.05, 0.1) is 19.3 Å². The third kappa shape index (κ3) is 3.42. The molecule has 0 aliphatic carbocycles. The summed E-state index contributed by atoms with van der Waals surface area (Å²) in [6.07, 6.45) is 3.85. The van der Waals surface area contributed by atoms with E-state index < -0.39 is 0 Å². The first-order valence-electron chi connectivity index (χ1n) is 8.24. The summed E-state index contributed by atoms with van der Waals surface area (Å²) in [5.41, 5.74) is 3.04. The molecule has 0 bridgehead atoms. The average molecular weight is 357 g/mol. The number of ether oxygens (including phenoxy) is 1. The molecule has 25 heavy (non-hydrogen) atoms. The highest BCUT2D eigenvalue weighted by Gasteiger charge is 2.18. The van der Waals surface area contributed by atoms with Crippen molar-refractivity contribution in [2.45, 2.75) is 37.9 Å². The lowest BCUT2D eigenvalue weighted by Gasteiger charge is -2.18. The van der Waals surface area contributed by atoms with Crippen LogP contribution in [0.25, 0.3) is 5.65 Å². The van der Waals surface area contributed by atoms with Crippen molar-refractivity contribution in [2.24, 2.45) is 0 Å². The van der Waals surface area contributed by atoms with E-state index in [2.05, 4.69) is 41.2 Å². The quantitative estimate of drug-likeness (QED) is 0.669. The van der Waals surface area contributed by atoms with Gasteiger partial charge in [0.1, 0.15) is 5.75 Å². The fraction of sp³-hybridized carbons (Fsp3) is 0.389. The molecule has 132 valence electrons. The molecule has 1 unspecified atom stereocenters. The molecule has 0 amide bonds. The molecule has 7 heteroatoms. The van der Waals surface area contributed by atoms with Crippen molar-refractivity contribution in [1.82, 2.24) is 19.6 Å². The molecule has 2 aromatic heterocycles. The van der Waals surface area contributed by atoms with E-state index in [9.17, 15) is 0 Å². The van der Waals surface area contributed by atoms with Gasteiger partial charge in [0.25, 0.3) is 0 Å². The third-order valence-corrected chi connectivity index (χ3v) is 4.68. The summed E-state index contributed by atoms with van der Waals surface area (Å²) in [5, 5.41) is 8.68. The van der Waals surface area contributed by atoms with Crippen LogP contribution in [0.2, 0.25) is 0 Å². The predicted octanol–water partition coefficient (Wildman–Crippen LogP) is 4.15. The normalized spacial score (nSPS) is 12.6. The second-order valence-electron chi connectivity index (χ2n) is 6.13. The van der Waals surface area contributed by atoms with E-state index >= 15 is 0 Å². The van der Waals surface area contributed by atoms with Crippen molar-refractivity contribution in [3.63, 3.8) is 0 Å². The van der Waals surface area contributed by atoms with Crippen LogP contribution in [0, 0.1) is 0 Å². The minimum atomic E-state index is 0.00987. The second-order valence-corrected chi connectivity index (χ2v) is 6.91. The lowest BCUT2D eigenvalue weighted by atomic mass is 10.1. The molecule has 1 N–H and O–H groups in total. The molecule has 0 saturated heterocycles. The van der Waals surface area contributed by atoms with Crippen LogP contribution in [0.1, 0.15) is 43.9 Å². The highest BCUT2D eigenvalue weighted by atomic mass is 32.2. The summed E-state index contributed by atoms with van der Waals surface area (Å²) < 4.78 is 7.25. The Labute approximate surface area is 152 Å². The van der Waals surface area contributed by atoms with Crippen molar-refractivity contribution < 1.29 is 4.74 Å². The number of nitrogens with one attached hydrogen (secondary N) is 1. The number of thioether (sulfide) groups is 1. The van der Waals surface area contributed by atoms with Gasteiger partial charge in [0, 0.05) is 11.1 Å². The van der Waals surface area contributed by atoms with Gasteiger partial charge in [-0.25, -0.2) is 4.98 Å². The Kier molecular flexibility index (Phi) is 5.13. The molecule has 0 fully saturated rings. The Balaban J connectivity index is 2.03. The number of anilines is 1. The molecule has 0 radical (unpaired) electrons. The molecule has 2 heterocycles. The van der Waals surface area contributed by atoms with Crippen LogP contribution in [0.3, 0.4) is 0 Å². The Morgan fingerprint density at radius 3 is 2.56 bits per heavy atom. The molecule has 6 nitrogen and oxygen atoms in total. The van der Waals surface area contributed by atoms with E-state index in [4.69, 9.17) is 4.74 Å². The van der Waals surface area contributed by atoms with Crippen LogP contribution < -0.4 is 10.1 Å². The number of benzene rings is 1. The minimum Gasteiger partial charge on any atom is -0.496 e. The van der Waals surface area contributed by atoms with E-state index in [1.165, 1.54) is 11.8 Å². The Hall–Kier alpha value is -2.28. The van der Waals surface area contributed by atoms with Crippen LogP contribution in [-0.2, 0) is 0 Å². The number of methoxy groups -OCH3 is 1. The Morgan fingerprint density at radius 1 is 1.12 bits per heavy atom. The molecule has 0 saturated carbocycles. The first kappa shape index (κ1) is 17.5. The van der Waals surface area contributed by atoms with E-state index in [-0.39, 0.29) is 6.04 Å². The zero-order valence-electron chi connectivity index (χ0n) is 15.1. The standard InChI is InChI=1S/C18H23N5OS/c1-11(2)14-10-19-23-16(14)21-18(25-5)22-17(23)20-12(3)13-8-6-7-9-15(13)24-4/h6-12H,1-5H3,(H,20,21,22). The molecule has 3 aromatic rings. The number of hydrogen-bond acceptors (Lipinski definition) is 6. The lowest BCUT2D eigenvalue weighted by molar-refractivity contribution is 0.408. The topological polar surface area (TPSA) is 64.3 Å². The average Bonchev–Trinajstić information content (AvgIpc) is 3.05. The minimum absolute atomic E-state index is 0.00987. The number of para-hydroxylation sites is 1. The second kappa shape index (κ2) is 7.31. The van der Waals surface area contributed by atoms with Crippen LogP contribution in [0.4, 0.5) is 5.95 Å². The van der Waals surface area contributed by atoms with Crippen molar-refractivity contribution in [1.29, 1.82) is 0 Å². The highest BCUT2D eigenvalue weighted by molar-refractivity contribution is 7.98. The molecular weight excluding hydrogens is 334 g/mol. The van der Waals surface area contributed by atoms with Gasteiger partial charge >= 0.3 is 0 Å². The zero-order chi connectivity index (χ0) is 18.0. The fourth-order valence-electron chi connectivity index (χ4n) is 2.76. The van der Waals surface area contributed by atoms with Crippen LogP contribution in [0.15, 0.2) is 35.6 Å². The number of nitrogens with zero attached hydrogens (tertiary/aromatic N) is 4. The third-order valence-electron chi connectivity index (χ3n) is 4.13. The van der Waals surface area contributed by atoms with Gasteiger partial charge in [-0.2, -0.15) is 14.6 Å². The van der Waals surface area contributed by atoms with Gasteiger partial charge in [-0.3, -0.25) is 0 Å². The van der Waals surface area contributed by atoms with Crippen LogP contribution in [-0.4, -0.2) is 32.9 Å². The lowest BCUT2D eigenvalue weighted by Crippen LogP contribution is -2.14. The molecule has 1 atom stereocenters. The zero-order valence-corrected chi connectivity index (χ0v) is 16.0. The maximum absolute atomic E-state index is 5.47. The summed E-state index contributed by atoms with van der Waals surface area (Å²) in [7, 11) is 1.68. The fourth-order valence-corrected chi connectivity index (χ4v) is 3.12. The van der Waals surface area contributed by atoms with Gasteiger partial charge in [-0.15, -0.1) is 0 Å².